The highest BCUT2D eigenvalue weighted by Crippen LogP contribution is 2.46. The molecule has 2 saturated heterocycles. The first kappa shape index (κ1) is 30.1. The number of aromatic nitrogens is 3. The standard InChI is InChI=1S/C29H35Cl2N7O4/c1-5-23(39)34-19-14-42-15-20(19)36-29-33-13-17-10-18(24-25(30)21(40-3)11-22(41-4)26(24)31)35-28(27(17)37-29)32-12-16-6-8-38(2)9-7-16/h5,10-11,13,16,19-20H,1,6-9,12,14-15H2,2-4H3,(H,32,35)(H,34,39)(H,33,36,37)/t19-,20+/m0/s1. The molecule has 0 bridgehead atoms. The number of amides is 1. The third kappa shape index (κ3) is 6.49. The van der Waals surface area contributed by atoms with E-state index in [0.29, 0.717) is 69.2 Å². The Morgan fingerprint density at radius 3 is 2.48 bits per heavy atom. The average Bonchev–Trinajstić information content (AvgIpc) is 3.42. The molecule has 1 aromatic carbocycles. The van der Waals surface area contributed by atoms with Crippen LogP contribution < -0.4 is 25.4 Å². The number of piperidine rings is 1. The zero-order valence-corrected chi connectivity index (χ0v) is 25.4. The molecule has 4 heterocycles. The summed E-state index contributed by atoms with van der Waals surface area (Å²) >= 11 is 13.5. The second-order valence-corrected chi connectivity index (χ2v) is 11.3. The van der Waals surface area contributed by atoms with Gasteiger partial charge in [0.25, 0.3) is 0 Å². The van der Waals surface area contributed by atoms with Gasteiger partial charge in [-0.25, -0.2) is 15.0 Å². The summed E-state index contributed by atoms with van der Waals surface area (Å²) in [5.74, 6) is 2.05. The molecule has 5 rings (SSSR count). The molecule has 0 radical (unpaired) electrons. The number of ether oxygens (including phenoxy) is 3. The van der Waals surface area contributed by atoms with Gasteiger partial charge in [0.1, 0.15) is 17.0 Å². The van der Waals surface area contributed by atoms with Gasteiger partial charge in [-0.3, -0.25) is 4.79 Å². The maximum Gasteiger partial charge on any atom is 0.243 e. The summed E-state index contributed by atoms with van der Waals surface area (Å²) in [6.45, 7) is 7.15. The van der Waals surface area contributed by atoms with Gasteiger partial charge in [-0.1, -0.05) is 29.8 Å². The summed E-state index contributed by atoms with van der Waals surface area (Å²) in [4.78, 5) is 28.6. The van der Waals surface area contributed by atoms with Crippen molar-refractivity contribution >= 4 is 51.8 Å². The molecule has 0 unspecified atom stereocenters. The van der Waals surface area contributed by atoms with Crippen LogP contribution in [0.15, 0.2) is 31.0 Å². The number of nitrogens with one attached hydrogen (secondary N) is 3. The van der Waals surface area contributed by atoms with Gasteiger partial charge in [-0.15, -0.1) is 0 Å². The average molecular weight is 617 g/mol. The maximum absolute atomic E-state index is 11.9. The van der Waals surface area contributed by atoms with Crippen LogP contribution in [0.3, 0.4) is 0 Å². The van der Waals surface area contributed by atoms with Crippen LogP contribution in [0.1, 0.15) is 12.8 Å². The second-order valence-electron chi connectivity index (χ2n) is 10.5. The number of carbonyl (C=O) groups is 1. The molecule has 42 heavy (non-hydrogen) atoms. The SMILES string of the molecule is C=CC(=O)N[C@H]1COC[C@H]1Nc1ncc2cc(-c3c(Cl)c(OC)cc(OC)c3Cl)nc(NCC3CCN(C)CC3)c2n1. The van der Waals surface area contributed by atoms with Crippen molar-refractivity contribution in [3.05, 3.63) is 41.0 Å². The molecule has 13 heteroatoms. The van der Waals surface area contributed by atoms with Crippen molar-refractivity contribution in [2.45, 2.75) is 24.9 Å². The molecular weight excluding hydrogens is 581 g/mol. The van der Waals surface area contributed by atoms with Crippen molar-refractivity contribution in [1.29, 1.82) is 0 Å². The van der Waals surface area contributed by atoms with Crippen molar-refractivity contribution in [3.63, 3.8) is 0 Å². The molecule has 0 aliphatic carbocycles. The van der Waals surface area contributed by atoms with E-state index in [-0.39, 0.29) is 18.0 Å². The van der Waals surface area contributed by atoms with E-state index in [1.807, 2.05) is 6.07 Å². The van der Waals surface area contributed by atoms with Crippen molar-refractivity contribution < 1.29 is 19.0 Å². The van der Waals surface area contributed by atoms with Crippen molar-refractivity contribution in [2.24, 2.45) is 5.92 Å². The lowest BCUT2D eigenvalue weighted by molar-refractivity contribution is -0.117. The fourth-order valence-electron chi connectivity index (χ4n) is 5.22. The van der Waals surface area contributed by atoms with Crippen LogP contribution in [0.4, 0.5) is 11.8 Å². The highest BCUT2D eigenvalue weighted by molar-refractivity contribution is 6.41. The molecule has 2 fully saturated rings. The van der Waals surface area contributed by atoms with Gasteiger partial charge in [0, 0.05) is 29.8 Å². The lowest BCUT2D eigenvalue weighted by Gasteiger charge is -2.29. The third-order valence-corrected chi connectivity index (χ3v) is 8.45. The highest BCUT2D eigenvalue weighted by atomic mass is 35.5. The van der Waals surface area contributed by atoms with Gasteiger partial charge in [0.15, 0.2) is 5.82 Å². The largest absolute Gasteiger partial charge is 0.495 e. The summed E-state index contributed by atoms with van der Waals surface area (Å²) in [7, 11) is 5.21. The Balaban J connectivity index is 1.53. The Hall–Kier alpha value is -3.38. The summed E-state index contributed by atoms with van der Waals surface area (Å²) in [6.07, 6.45) is 5.15. The van der Waals surface area contributed by atoms with Crippen LogP contribution in [-0.2, 0) is 9.53 Å². The number of hydrogen-bond donors (Lipinski definition) is 3. The van der Waals surface area contributed by atoms with E-state index < -0.39 is 0 Å². The first-order chi connectivity index (χ1) is 20.3. The van der Waals surface area contributed by atoms with Crippen molar-refractivity contribution in [1.82, 2.24) is 25.2 Å². The number of fused-ring (bicyclic) bond motifs is 1. The van der Waals surface area contributed by atoms with E-state index in [9.17, 15) is 4.79 Å². The maximum atomic E-state index is 11.9. The molecule has 224 valence electrons. The van der Waals surface area contributed by atoms with Crippen LogP contribution in [-0.4, -0.2) is 92.0 Å². The van der Waals surface area contributed by atoms with Gasteiger partial charge in [0.05, 0.1) is 55.3 Å². The lowest BCUT2D eigenvalue weighted by atomic mass is 9.97. The highest BCUT2D eigenvalue weighted by Gasteiger charge is 2.30. The number of likely N-dealkylation sites (tertiary alicyclic amines) is 1. The van der Waals surface area contributed by atoms with Crippen LogP contribution in [0.2, 0.25) is 10.0 Å². The molecule has 0 saturated carbocycles. The van der Waals surface area contributed by atoms with Crippen LogP contribution in [0.25, 0.3) is 22.2 Å². The number of halogens is 2. The van der Waals surface area contributed by atoms with Crippen molar-refractivity contribution in [3.8, 4) is 22.8 Å². The van der Waals surface area contributed by atoms with Gasteiger partial charge >= 0.3 is 0 Å². The Bertz CT molecular complexity index is 1440. The quantitative estimate of drug-likeness (QED) is 0.285. The van der Waals surface area contributed by atoms with E-state index >= 15 is 0 Å². The molecule has 3 aromatic rings. The monoisotopic (exact) mass is 615 g/mol. The first-order valence-corrected chi connectivity index (χ1v) is 14.5. The van der Waals surface area contributed by atoms with Gasteiger partial charge in [-0.05, 0) is 51.0 Å². The number of rotatable bonds is 10. The summed E-state index contributed by atoms with van der Waals surface area (Å²) in [5, 5.41) is 11.1. The zero-order chi connectivity index (χ0) is 29.8. The van der Waals surface area contributed by atoms with Crippen LogP contribution >= 0.6 is 23.2 Å². The first-order valence-electron chi connectivity index (χ1n) is 13.8. The minimum absolute atomic E-state index is 0.212. The lowest BCUT2D eigenvalue weighted by Crippen LogP contribution is -2.45. The molecule has 0 spiro atoms. The van der Waals surface area contributed by atoms with E-state index in [0.717, 1.165) is 37.9 Å². The molecule has 3 N–H and O–H groups in total. The van der Waals surface area contributed by atoms with E-state index in [1.165, 1.54) is 20.3 Å². The predicted molar refractivity (Wildman–Crippen MR) is 165 cm³/mol. The molecule has 2 aliphatic heterocycles. The Labute approximate surface area is 254 Å². The number of benzene rings is 1. The summed E-state index contributed by atoms with van der Waals surface area (Å²) < 4.78 is 16.6. The fourth-order valence-corrected chi connectivity index (χ4v) is 5.92. The normalized spacial score (nSPS) is 19.5. The van der Waals surface area contributed by atoms with Crippen LogP contribution in [0.5, 0.6) is 11.5 Å². The number of anilines is 2. The zero-order valence-electron chi connectivity index (χ0n) is 23.9. The van der Waals surface area contributed by atoms with Crippen LogP contribution in [0, 0.1) is 5.92 Å². The minimum atomic E-state index is -0.264. The molecule has 1 amide bonds. The number of nitrogens with zero attached hydrogens (tertiary/aromatic N) is 4. The fraction of sp³-hybridized carbons (Fsp3) is 0.448. The van der Waals surface area contributed by atoms with E-state index in [2.05, 4.69) is 39.5 Å². The molecule has 11 nitrogen and oxygen atoms in total. The molecular formula is C29H35Cl2N7O4. The predicted octanol–water partition coefficient (Wildman–Crippen LogP) is 4.25. The van der Waals surface area contributed by atoms with Gasteiger partial charge in [-0.2, -0.15) is 0 Å². The number of hydrogen-bond acceptors (Lipinski definition) is 10. The number of carbonyl (C=O) groups excluding carboxylic acids is 1. The Kier molecular flexibility index (Phi) is 9.52. The summed E-state index contributed by atoms with van der Waals surface area (Å²) in [5.41, 5.74) is 1.66. The van der Waals surface area contributed by atoms with Crippen molar-refractivity contribution in [2.75, 3.05) is 64.7 Å². The molecule has 2 aliphatic rings. The number of pyridine rings is 1. The smallest absolute Gasteiger partial charge is 0.243 e. The Morgan fingerprint density at radius 2 is 1.81 bits per heavy atom. The third-order valence-electron chi connectivity index (χ3n) is 7.70. The summed E-state index contributed by atoms with van der Waals surface area (Å²) in [6, 6.07) is 3.03. The van der Waals surface area contributed by atoms with E-state index in [1.54, 1.807) is 12.3 Å². The molecule has 2 aromatic heterocycles. The number of methoxy groups -OCH3 is 2. The van der Waals surface area contributed by atoms with Gasteiger partial charge < -0.3 is 35.1 Å². The topological polar surface area (TPSA) is 123 Å². The second kappa shape index (κ2) is 13.3. The van der Waals surface area contributed by atoms with Gasteiger partial charge in [0.2, 0.25) is 11.9 Å². The Morgan fingerprint density at radius 1 is 1.12 bits per heavy atom. The molecule has 2 atom stereocenters. The minimum Gasteiger partial charge on any atom is -0.495 e. The van der Waals surface area contributed by atoms with E-state index in [4.69, 9.17) is 47.4 Å².